The van der Waals surface area contributed by atoms with E-state index in [0.29, 0.717) is 12.1 Å². The number of rotatable bonds is 6. The molecule has 0 radical (unpaired) electrons. The third kappa shape index (κ3) is 5.00. The van der Waals surface area contributed by atoms with Crippen LogP contribution in [-0.2, 0) is 26.0 Å². The van der Waals surface area contributed by atoms with Gasteiger partial charge in [0, 0.05) is 11.6 Å². The topological polar surface area (TPSA) is 63.7 Å². The van der Waals surface area contributed by atoms with Gasteiger partial charge in [0.2, 0.25) is 0 Å². The fourth-order valence-corrected chi connectivity index (χ4v) is 6.49. The average Bonchev–Trinajstić information content (AvgIpc) is 3.07. The largest absolute Gasteiger partial charge is 0.463 e. The van der Waals surface area contributed by atoms with E-state index in [-0.39, 0.29) is 11.5 Å². The van der Waals surface area contributed by atoms with Crippen LogP contribution in [0.25, 0.3) is 22.3 Å². The molecule has 4 aromatic rings. The van der Waals surface area contributed by atoms with E-state index < -0.39 is 22.0 Å². The zero-order valence-corrected chi connectivity index (χ0v) is 22.2. The van der Waals surface area contributed by atoms with Crippen molar-refractivity contribution in [1.82, 2.24) is 0 Å². The summed E-state index contributed by atoms with van der Waals surface area (Å²) in [6, 6.07) is 30.1. The van der Waals surface area contributed by atoms with Crippen molar-refractivity contribution < 1.29 is 17.9 Å². The molecule has 0 N–H and O–H groups in total. The van der Waals surface area contributed by atoms with Crippen LogP contribution in [0.3, 0.4) is 0 Å². The SMILES string of the molecule is CCOC(=O)/C=C/C1Cc2ccccc2-c2cc(-c3ccccc3)ccc2N1S(=O)(=O)c1ccc(C)cc1. The number of carbonyl (C=O) groups is 1. The lowest BCUT2D eigenvalue weighted by Gasteiger charge is -2.31. The van der Waals surface area contributed by atoms with E-state index >= 15 is 0 Å². The Hall–Kier alpha value is -4.16. The summed E-state index contributed by atoms with van der Waals surface area (Å²) in [4.78, 5) is 12.4. The third-order valence-corrected chi connectivity index (χ3v) is 8.55. The van der Waals surface area contributed by atoms with Gasteiger partial charge in [0.05, 0.1) is 23.2 Å². The van der Waals surface area contributed by atoms with Gasteiger partial charge in [-0.05, 0) is 66.8 Å². The van der Waals surface area contributed by atoms with E-state index in [2.05, 4.69) is 6.07 Å². The highest BCUT2D eigenvalue weighted by atomic mass is 32.2. The molecule has 1 aliphatic rings. The Kier molecular flexibility index (Phi) is 7.16. The normalized spacial score (nSPS) is 15.0. The van der Waals surface area contributed by atoms with Crippen LogP contribution in [0, 0.1) is 6.92 Å². The van der Waals surface area contributed by atoms with Gasteiger partial charge in [-0.15, -0.1) is 0 Å². The van der Waals surface area contributed by atoms with Crippen LogP contribution in [0.4, 0.5) is 5.69 Å². The van der Waals surface area contributed by atoms with E-state index in [0.717, 1.165) is 33.4 Å². The van der Waals surface area contributed by atoms with E-state index in [1.165, 1.54) is 10.4 Å². The van der Waals surface area contributed by atoms with Gasteiger partial charge < -0.3 is 4.74 Å². The van der Waals surface area contributed by atoms with Crippen molar-refractivity contribution in [1.29, 1.82) is 0 Å². The van der Waals surface area contributed by atoms with E-state index in [4.69, 9.17) is 4.74 Å². The Labute approximate surface area is 224 Å². The first-order valence-corrected chi connectivity index (χ1v) is 14.1. The zero-order valence-electron chi connectivity index (χ0n) is 21.4. The smallest absolute Gasteiger partial charge is 0.330 e. The molecule has 5 rings (SSSR count). The molecule has 0 fully saturated rings. The highest BCUT2D eigenvalue weighted by Gasteiger charge is 2.35. The number of anilines is 1. The Morgan fingerprint density at radius 2 is 1.61 bits per heavy atom. The maximum atomic E-state index is 14.3. The van der Waals surface area contributed by atoms with Crippen molar-refractivity contribution in [2.24, 2.45) is 0 Å². The van der Waals surface area contributed by atoms with Crippen molar-refractivity contribution in [3.8, 4) is 22.3 Å². The number of esters is 1. The number of ether oxygens (including phenoxy) is 1. The lowest BCUT2D eigenvalue weighted by atomic mass is 9.94. The first kappa shape index (κ1) is 25.5. The van der Waals surface area contributed by atoms with Crippen LogP contribution in [0.1, 0.15) is 18.1 Å². The molecule has 5 nitrogen and oxygen atoms in total. The molecular weight excluding hydrogens is 494 g/mol. The number of sulfonamides is 1. The van der Waals surface area contributed by atoms with Crippen LogP contribution >= 0.6 is 0 Å². The number of aryl methyl sites for hydroxylation is 1. The quantitative estimate of drug-likeness (QED) is 0.212. The van der Waals surface area contributed by atoms with Crippen molar-refractivity contribution >= 4 is 21.7 Å². The third-order valence-electron chi connectivity index (χ3n) is 6.70. The van der Waals surface area contributed by atoms with Gasteiger partial charge >= 0.3 is 5.97 Å². The molecule has 1 unspecified atom stereocenters. The monoisotopic (exact) mass is 523 g/mol. The molecule has 1 heterocycles. The number of carbonyl (C=O) groups excluding carboxylic acids is 1. The number of nitrogens with zero attached hydrogens (tertiary/aromatic N) is 1. The molecular formula is C32H29NO4S. The Bertz CT molecular complexity index is 1590. The molecule has 4 aromatic carbocycles. The standard InChI is InChI=1S/C32H29NO4S/c1-3-37-32(34)20-16-27-21-26-11-7-8-12-29(26)30-22-25(24-9-5-4-6-10-24)15-19-31(30)33(27)38(35,36)28-17-13-23(2)14-18-28/h4-20,22,27H,3,21H2,1-2H3/b20-16+. The maximum absolute atomic E-state index is 14.3. The predicted molar refractivity (Wildman–Crippen MR) is 151 cm³/mol. The highest BCUT2D eigenvalue weighted by Crippen LogP contribution is 2.43. The second kappa shape index (κ2) is 10.7. The van der Waals surface area contributed by atoms with Crippen molar-refractivity contribution in [2.75, 3.05) is 10.9 Å². The van der Waals surface area contributed by atoms with E-state index in [9.17, 15) is 13.2 Å². The number of benzene rings is 4. The molecule has 38 heavy (non-hydrogen) atoms. The number of fused-ring (bicyclic) bond motifs is 3. The molecule has 0 saturated heterocycles. The van der Waals surface area contributed by atoms with Gasteiger partial charge in [0.25, 0.3) is 10.0 Å². The summed E-state index contributed by atoms with van der Waals surface area (Å²) in [6.45, 7) is 3.90. The summed E-state index contributed by atoms with van der Waals surface area (Å²) in [7, 11) is -3.99. The predicted octanol–water partition coefficient (Wildman–Crippen LogP) is 6.57. The summed E-state index contributed by atoms with van der Waals surface area (Å²) in [5.41, 5.74) is 6.36. The zero-order chi connectivity index (χ0) is 26.7. The van der Waals surface area contributed by atoms with Gasteiger partial charge in [0.1, 0.15) is 0 Å². The van der Waals surface area contributed by atoms with Gasteiger partial charge in [0.15, 0.2) is 0 Å². The minimum atomic E-state index is -3.99. The summed E-state index contributed by atoms with van der Waals surface area (Å²) in [5, 5.41) is 0. The van der Waals surface area contributed by atoms with Crippen LogP contribution in [0.15, 0.2) is 114 Å². The number of hydrogen-bond donors (Lipinski definition) is 0. The maximum Gasteiger partial charge on any atom is 0.330 e. The molecule has 1 aliphatic heterocycles. The second-order valence-electron chi connectivity index (χ2n) is 9.25. The summed E-state index contributed by atoms with van der Waals surface area (Å²) >= 11 is 0. The summed E-state index contributed by atoms with van der Waals surface area (Å²) < 4.78 is 35.1. The van der Waals surface area contributed by atoms with Crippen LogP contribution in [-0.4, -0.2) is 27.0 Å². The highest BCUT2D eigenvalue weighted by molar-refractivity contribution is 7.92. The molecule has 6 heteroatoms. The van der Waals surface area contributed by atoms with Gasteiger partial charge in [-0.1, -0.05) is 84.4 Å². The van der Waals surface area contributed by atoms with Gasteiger partial charge in [-0.2, -0.15) is 0 Å². The van der Waals surface area contributed by atoms with Gasteiger partial charge in [-0.3, -0.25) is 4.31 Å². The van der Waals surface area contributed by atoms with Crippen molar-refractivity contribution in [2.45, 2.75) is 31.2 Å². The van der Waals surface area contributed by atoms with Crippen LogP contribution < -0.4 is 4.31 Å². The lowest BCUT2D eigenvalue weighted by Crippen LogP contribution is -2.40. The molecule has 192 valence electrons. The molecule has 1 atom stereocenters. The van der Waals surface area contributed by atoms with Crippen LogP contribution in [0.5, 0.6) is 0 Å². The van der Waals surface area contributed by atoms with Crippen molar-refractivity contribution in [3.63, 3.8) is 0 Å². The number of hydrogen-bond acceptors (Lipinski definition) is 4. The first-order chi connectivity index (χ1) is 18.4. The Morgan fingerprint density at radius 3 is 2.34 bits per heavy atom. The van der Waals surface area contributed by atoms with Gasteiger partial charge in [-0.25, -0.2) is 13.2 Å². The lowest BCUT2D eigenvalue weighted by molar-refractivity contribution is -0.137. The fraction of sp³-hybridized carbons (Fsp3) is 0.156. The molecule has 0 aromatic heterocycles. The molecule has 0 saturated carbocycles. The minimum Gasteiger partial charge on any atom is -0.463 e. The average molecular weight is 524 g/mol. The molecule has 0 bridgehead atoms. The van der Waals surface area contributed by atoms with E-state index in [1.807, 2.05) is 73.7 Å². The van der Waals surface area contributed by atoms with Crippen molar-refractivity contribution in [3.05, 3.63) is 120 Å². The fourth-order valence-electron chi connectivity index (χ4n) is 4.86. The summed E-state index contributed by atoms with van der Waals surface area (Å²) in [5.74, 6) is -0.502. The second-order valence-corrected chi connectivity index (χ2v) is 11.1. The Morgan fingerprint density at radius 1 is 0.895 bits per heavy atom. The minimum absolute atomic E-state index is 0.196. The molecule has 0 aliphatic carbocycles. The van der Waals surface area contributed by atoms with Crippen LogP contribution in [0.2, 0.25) is 0 Å². The Balaban J connectivity index is 1.75. The molecule has 0 amide bonds. The van der Waals surface area contributed by atoms with E-state index in [1.54, 1.807) is 37.3 Å². The first-order valence-electron chi connectivity index (χ1n) is 12.6. The molecule has 0 spiro atoms. The summed E-state index contributed by atoms with van der Waals surface area (Å²) in [6.07, 6.45) is 3.37.